The minimum atomic E-state index is 0.0319. The topological polar surface area (TPSA) is 47.4 Å². The maximum absolute atomic E-state index is 11.8. The van der Waals surface area contributed by atoms with Crippen molar-refractivity contribution in [1.82, 2.24) is 14.7 Å². The van der Waals surface area contributed by atoms with Gasteiger partial charge in [-0.15, -0.1) is 0 Å². The van der Waals surface area contributed by atoms with E-state index in [9.17, 15) is 4.79 Å². The van der Waals surface area contributed by atoms with Gasteiger partial charge in [0.05, 0.1) is 18.9 Å². The molecular formula is C11H15N3O2. The maximum atomic E-state index is 11.8. The Morgan fingerprint density at radius 2 is 2.25 bits per heavy atom. The van der Waals surface area contributed by atoms with Crippen molar-refractivity contribution in [3.05, 3.63) is 24.0 Å². The molecule has 0 atom stereocenters. The lowest BCUT2D eigenvalue weighted by atomic mass is 10.3. The lowest BCUT2D eigenvalue weighted by molar-refractivity contribution is -0.129. The van der Waals surface area contributed by atoms with Crippen LogP contribution >= 0.6 is 0 Å². The van der Waals surface area contributed by atoms with Crippen LogP contribution < -0.4 is 0 Å². The van der Waals surface area contributed by atoms with E-state index in [2.05, 4.69) is 5.10 Å². The number of nitrogens with zero attached hydrogens (tertiary/aromatic N) is 3. The van der Waals surface area contributed by atoms with Gasteiger partial charge >= 0.3 is 0 Å². The highest BCUT2D eigenvalue weighted by Crippen LogP contribution is 2.02. The molecule has 0 saturated carbocycles. The Balaban J connectivity index is 1.96. The van der Waals surface area contributed by atoms with E-state index in [0.717, 1.165) is 5.69 Å². The fraction of sp³-hybridized carbons (Fsp3) is 0.455. The van der Waals surface area contributed by atoms with Gasteiger partial charge in [-0.3, -0.25) is 9.48 Å². The van der Waals surface area contributed by atoms with Crippen LogP contribution in [0, 0.1) is 0 Å². The van der Waals surface area contributed by atoms with E-state index in [4.69, 9.17) is 4.74 Å². The monoisotopic (exact) mass is 221 g/mol. The van der Waals surface area contributed by atoms with Gasteiger partial charge in [0.2, 0.25) is 5.91 Å². The molecule has 1 aromatic rings. The van der Waals surface area contributed by atoms with Crippen molar-refractivity contribution in [2.24, 2.45) is 7.05 Å². The van der Waals surface area contributed by atoms with Crippen LogP contribution in [0.1, 0.15) is 5.69 Å². The van der Waals surface area contributed by atoms with Crippen LogP contribution in [-0.2, 0) is 16.6 Å². The number of carbonyl (C=O) groups excluding carboxylic acids is 1. The molecule has 5 heteroatoms. The van der Waals surface area contributed by atoms with Gasteiger partial charge in [0.1, 0.15) is 0 Å². The minimum Gasteiger partial charge on any atom is -0.378 e. The molecule has 0 unspecified atom stereocenters. The highest BCUT2D eigenvalue weighted by Gasteiger charge is 2.13. The first-order valence-electron chi connectivity index (χ1n) is 5.30. The third-order valence-electron chi connectivity index (χ3n) is 2.58. The minimum absolute atomic E-state index is 0.0319. The van der Waals surface area contributed by atoms with Crippen LogP contribution in [0.15, 0.2) is 18.3 Å². The normalized spacial score (nSPS) is 16.9. The van der Waals surface area contributed by atoms with E-state index in [0.29, 0.717) is 26.3 Å². The molecule has 2 heterocycles. The van der Waals surface area contributed by atoms with Gasteiger partial charge in [-0.05, 0) is 12.1 Å². The summed E-state index contributed by atoms with van der Waals surface area (Å²) in [7, 11) is 1.85. The van der Waals surface area contributed by atoms with Gasteiger partial charge in [-0.1, -0.05) is 0 Å². The Kier molecular flexibility index (Phi) is 3.36. The first-order valence-corrected chi connectivity index (χ1v) is 5.30. The standard InChI is InChI=1S/C11H15N3O2/c1-13-10(4-5-12-13)2-3-11(15)14-6-8-16-9-7-14/h2-5H,6-9H2,1H3/b3-2-. The molecule has 1 fully saturated rings. The SMILES string of the molecule is Cn1nccc1/C=C\C(=O)N1CCOCC1. The van der Waals surface area contributed by atoms with Crippen molar-refractivity contribution in [1.29, 1.82) is 0 Å². The second-order valence-electron chi connectivity index (χ2n) is 3.65. The van der Waals surface area contributed by atoms with Gasteiger partial charge in [-0.25, -0.2) is 0 Å². The Morgan fingerprint density at radius 3 is 2.88 bits per heavy atom. The Bertz CT molecular complexity index is 392. The number of rotatable bonds is 2. The van der Waals surface area contributed by atoms with E-state index in [1.165, 1.54) is 0 Å². The zero-order valence-electron chi connectivity index (χ0n) is 9.30. The third kappa shape index (κ3) is 2.49. The molecule has 0 spiro atoms. The fourth-order valence-corrected chi connectivity index (χ4v) is 1.59. The number of hydrogen-bond acceptors (Lipinski definition) is 3. The van der Waals surface area contributed by atoms with Gasteiger partial charge in [0.15, 0.2) is 0 Å². The molecule has 0 aromatic carbocycles. The molecule has 1 saturated heterocycles. The fourth-order valence-electron chi connectivity index (χ4n) is 1.59. The number of carbonyl (C=O) groups is 1. The van der Waals surface area contributed by atoms with E-state index in [-0.39, 0.29) is 5.91 Å². The van der Waals surface area contributed by atoms with Crippen molar-refractivity contribution < 1.29 is 9.53 Å². The first kappa shape index (κ1) is 10.9. The zero-order chi connectivity index (χ0) is 11.4. The number of amides is 1. The average Bonchev–Trinajstić information content (AvgIpc) is 2.73. The average molecular weight is 221 g/mol. The molecule has 0 N–H and O–H groups in total. The van der Waals surface area contributed by atoms with Crippen molar-refractivity contribution in [2.45, 2.75) is 0 Å². The van der Waals surface area contributed by atoms with E-state index >= 15 is 0 Å². The smallest absolute Gasteiger partial charge is 0.246 e. The van der Waals surface area contributed by atoms with Crippen LogP contribution in [-0.4, -0.2) is 46.9 Å². The zero-order valence-corrected chi connectivity index (χ0v) is 9.30. The summed E-state index contributed by atoms with van der Waals surface area (Å²) in [5, 5.41) is 4.03. The van der Waals surface area contributed by atoms with Gasteiger partial charge < -0.3 is 9.64 Å². The predicted octanol–water partition coefficient (Wildman–Crippen LogP) is 0.292. The molecule has 1 aliphatic rings. The quantitative estimate of drug-likeness (QED) is 0.674. The van der Waals surface area contributed by atoms with Crippen LogP contribution in [0.4, 0.5) is 0 Å². The van der Waals surface area contributed by atoms with Crippen LogP contribution in [0.25, 0.3) is 6.08 Å². The number of ether oxygens (including phenoxy) is 1. The van der Waals surface area contributed by atoms with Gasteiger partial charge in [0, 0.05) is 32.4 Å². The summed E-state index contributed by atoms with van der Waals surface area (Å²) in [5.74, 6) is 0.0319. The van der Waals surface area contributed by atoms with Gasteiger partial charge in [0.25, 0.3) is 0 Å². The number of morpholine rings is 1. The molecule has 0 radical (unpaired) electrons. The largest absolute Gasteiger partial charge is 0.378 e. The van der Waals surface area contributed by atoms with Crippen molar-refractivity contribution >= 4 is 12.0 Å². The Hall–Kier alpha value is -1.62. The summed E-state index contributed by atoms with van der Waals surface area (Å²) in [6.07, 6.45) is 5.08. The van der Waals surface area contributed by atoms with Crippen molar-refractivity contribution in [2.75, 3.05) is 26.3 Å². The van der Waals surface area contributed by atoms with Crippen LogP contribution in [0.5, 0.6) is 0 Å². The molecule has 1 amide bonds. The maximum Gasteiger partial charge on any atom is 0.246 e. The Labute approximate surface area is 94.3 Å². The van der Waals surface area contributed by atoms with E-state index in [1.54, 1.807) is 27.9 Å². The second-order valence-corrected chi connectivity index (χ2v) is 3.65. The predicted molar refractivity (Wildman–Crippen MR) is 59.6 cm³/mol. The van der Waals surface area contributed by atoms with Crippen LogP contribution in [0.2, 0.25) is 0 Å². The molecule has 86 valence electrons. The molecular weight excluding hydrogens is 206 g/mol. The summed E-state index contributed by atoms with van der Waals surface area (Å²) in [5.41, 5.74) is 0.918. The van der Waals surface area contributed by atoms with Gasteiger partial charge in [-0.2, -0.15) is 5.10 Å². The van der Waals surface area contributed by atoms with Crippen LogP contribution in [0.3, 0.4) is 0 Å². The molecule has 1 aromatic heterocycles. The summed E-state index contributed by atoms with van der Waals surface area (Å²) in [6, 6.07) is 1.86. The number of hydrogen-bond donors (Lipinski definition) is 0. The molecule has 5 nitrogen and oxygen atoms in total. The molecule has 0 aliphatic carbocycles. The van der Waals surface area contributed by atoms with Crippen molar-refractivity contribution in [3.8, 4) is 0 Å². The first-order chi connectivity index (χ1) is 7.77. The molecule has 0 bridgehead atoms. The third-order valence-corrected chi connectivity index (χ3v) is 2.58. The highest BCUT2D eigenvalue weighted by atomic mass is 16.5. The number of aromatic nitrogens is 2. The van der Waals surface area contributed by atoms with Crippen molar-refractivity contribution in [3.63, 3.8) is 0 Å². The summed E-state index contributed by atoms with van der Waals surface area (Å²) >= 11 is 0. The second kappa shape index (κ2) is 4.94. The summed E-state index contributed by atoms with van der Waals surface area (Å²) in [4.78, 5) is 13.5. The highest BCUT2D eigenvalue weighted by molar-refractivity contribution is 5.91. The summed E-state index contributed by atoms with van der Waals surface area (Å²) in [6.45, 7) is 2.61. The Morgan fingerprint density at radius 1 is 1.50 bits per heavy atom. The lowest BCUT2D eigenvalue weighted by Crippen LogP contribution is -2.39. The molecule has 2 rings (SSSR count). The van der Waals surface area contributed by atoms with E-state index < -0.39 is 0 Å². The number of aryl methyl sites for hydroxylation is 1. The molecule has 16 heavy (non-hydrogen) atoms. The molecule has 1 aliphatic heterocycles. The lowest BCUT2D eigenvalue weighted by Gasteiger charge is -2.25. The summed E-state index contributed by atoms with van der Waals surface area (Å²) < 4.78 is 6.91. The van der Waals surface area contributed by atoms with E-state index in [1.807, 2.05) is 13.1 Å².